The summed E-state index contributed by atoms with van der Waals surface area (Å²) in [5.74, 6) is 0.545. The number of ether oxygens (including phenoxy) is 1. The standard InChI is InChI=1S/C16H14ClN5O2S/c17-16-20-11-8-12(15(23)19-10-2-1-3-18-9-10)25-13(11)14(21-16)22-4-6-24-7-5-22/h1-3,8-9H,4-7H2,(H,19,23). The van der Waals surface area contributed by atoms with Crippen LogP contribution in [0.1, 0.15) is 9.67 Å². The van der Waals surface area contributed by atoms with Gasteiger partial charge in [-0.1, -0.05) is 0 Å². The van der Waals surface area contributed by atoms with E-state index >= 15 is 0 Å². The average Bonchev–Trinajstić information content (AvgIpc) is 3.06. The molecule has 1 aliphatic rings. The van der Waals surface area contributed by atoms with Gasteiger partial charge in [-0.15, -0.1) is 11.3 Å². The van der Waals surface area contributed by atoms with Crippen LogP contribution in [0.5, 0.6) is 0 Å². The van der Waals surface area contributed by atoms with Crippen LogP contribution in [0.4, 0.5) is 11.5 Å². The van der Waals surface area contributed by atoms with E-state index < -0.39 is 0 Å². The average molecular weight is 376 g/mol. The van der Waals surface area contributed by atoms with Crippen LogP contribution < -0.4 is 10.2 Å². The highest BCUT2D eigenvalue weighted by Gasteiger charge is 2.21. The van der Waals surface area contributed by atoms with E-state index in [9.17, 15) is 4.79 Å². The molecule has 4 heterocycles. The molecule has 1 saturated heterocycles. The third-order valence-corrected chi connectivity index (χ3v) is 5.07. The number of nitrogens with one attached hydrogen (secondary N) is 1. The fourth-order valence-corrected chi connectivity index (χ4v) is 3.80. The van der Waals surface area contributed by atoms with Gasteiger partial charge in [-0.05, 0) is 29.8 Å². The summed E-state index contributed by atoms with van der Waals surface area (Å²) >= 11 is 7.43. The Hall–Kier alpha value is -2.29. The molecule has 4 rings (SSSR count). The quantitative estimate of drug-likeness (QED) is 0.709. The van der Waals surface area contributed by atoms with Gasteiger partial charge in [0.2, 0.25) is 5.28 Å². The maximum Gasteiger partial charge on any atom is 0.265 e. The van der Waals surface area contributed by atoms with Gasteiger partial charge in [0.15, 0.2) is 5.82 Å². The van der Waals surface area contributed by atoms with Crippen molar-refractivity contribution in [3.8, 4) is 0 Å². The summed E-state index contributed by atoms with van der Waals surface area (Å²) in [5, 5.41) is 3.00. The molecule has 1 N–H and O–H groups in total. The van der Waals surface area contributed by atoms with Crippen molar-refractivity contribution in [2.24, 2.45) is 0 Å². The number of morpholine rings is 1. The van der Waals surface area contributed by atoms with E-state index in [1.54, 1.807) is 30.6 Å². The van der Waals surface area contributed by atoms with Crippen molar-refractivity contribution in [2.75, 3.05) is 36.5 Å². The molecular weight excluding hydrogens is 362 g/mol. The summed E-state index contributed by atoms with van der Waals surface area (Å²) in [6, 6.07) is 5.29. The molecular formula is C16H14ClN5O2S. The first kappa shape index (κ1) is 16.2. The van der Waals surface area contributed by atoms with Crippen molar-refractivity contribution in [3.05, 3.63) is 40.8 Å². The van der Waals surface area contributed by atoms with Crippen LogP contribution in [0, 0.1) is 0 Å². The number of carbonyl (C=O) groups excluding carboxylic acids is 1. The van der Waals surface area contributed by atoms with Gasteiger partial charge in [0.1, 0.15) is 0 Å². The van der Waals surface area contributed by atoms with E-state index in [2.05, 4.69) is 25.2 Å². The van der Waals surface area contributed by atoms with Gasteiger partial charge >= 0.3 is 0 Å². The summed E-state index contributed by atoms with van der Waals surface area (Å²) in [7, 11) is 0. The van der Waals surface area contributed by atoms with Crippen molar-refractivity contribution < 1.29 is 9.53 Å². The molecule has 0 bridgehead atoms. The van der Waals surface area contributed by atoms with Crippen LogP contribution in [-0.4, -0.2) is 47.2 Å². The SMILES string of the molecule is O=C(Nc1cccnc1)c1cc2nc(Cl)nc(N3CCOCC3)c2s1. The molecule has 0 unspecified atom stereocenters. The Balaban J connectivity index is 1.68. The lowest BCUT2D eigenvalue weighted by molar-refractivity contribution is 0.103. The van der Waals surface area contributed by atoms with Crippen LogP contribution in [0.15, 0.2) is 30.6 Å². The summed E-state index contributed by atoms with van der Waals surface area (Å²) in [4.78, 5) is 27.8. The molecule has 0 aliphatic carbocycles. The molecule has 128 valence electrons. The molecule has 3 aromatic heterocycles. The number of hydrogen-bond donors (Lipinski definition) is 1. The topological polar surface area (TPSA) is 80.2 Å². The predicted molar refractivity (Wildman–Crippen MR) is 97.6 cm³/mol. The van der Waals surface area contributed by atoms with E-state index in [4.69, 9.17) is 16.3 Å². The molecule has 0 spiro atoms. The number of anilines is 2. The largest absolute Gasteiger partial charge is 0.378 e. The molecule has 9 heteroatoms. The zero-order chi connectivity index (χ0) is 17.2. The summed E-state index contributed by atoms with van der Waals surface area (Å²) < 4.78 is 6.24. The Morgan fingerprint density at radius 1 is 1.32 bits per heavy atom. The maximum atomic E-state index is 12.5. The Morgan fingerprint density at radius 3 is 2.92 bits per heavy atom. The number of amides is 1. The van der Waals surface area contributed by atoms with Crippen LogP contribution >= 0.6 is 22.9 Å². The lowest BCUT2D eigenvalue weighted by Crippen LogP contribution is -2.36. The minimum absolute atomic E-state index is 0.172. The molecule has 25 heavy (non-hydrogen) atoms. The fraction of sp³-hybridized carbons (Fsp3) is 0.250. The number of rotatable bonds is 3. The maximum absolute atomic E-state index is 12.5. The lowest BCUT2D eigenvalue weighted by Gasteiger charge is -2.28. The van der Waals surface area contributed by atoms with Gasteiger partial charge in [-0.2, -0.15) is 4.98 Å². The molecule has 7 nitrogen and oxygen atoms in total. The monoisotopic (exact) mass is 375 g/mol. The summed E-state index contributed by atoms with van der Waals surface area (Å²) in [6.45, 7) is 2.75. The van der Waals surface area contributed by atoms with E-state index in [1.165, 1.54) is 11.3 Å². The van der Waals surface area contributed by atoms with Gasteiger partial charge in [-0.3, -0.25) is 9.78 Å². The number of hydrogen-bond acceptors (Lipinski definition) is 7. The number of nitrogens with zero attached hydrogens (tertiary/aromatic N) is 4. The number of fused-ring (bicyclic) bond motifs is 1. The third-order valence-electron chi connectivity index (χ3n) is 3.78. The number of thiophene rings is 1. The molecule has 1 amide bonds. The van der Waals surface area contributed by atoms with Crippen molar-refractivity contribution >= 4 is 50.6 Å². The normalized spacial score (nSPS) is 14.7. The van der Waals surface area contributed by atoms with Crippen LogP contribution in [-0.2, 0) is 4.74 Å². The van der Waals surface area contributed by atoms with Gasteiger partial charge in [0, 0.05) is 19.3 Å². The molecule has 0 aromatic carbocycles. The van der Waals surface area contributed by atoms with Crippen molar-refractivity contribution in [1.82, 2.24) is 15.0 Å². The smallest absolute Gasteiger partial charge is 0.265 e. The second-order valence-corrected chi connectivity index (χ2v) is 6.83. The van der Waals surface area contributed by atoms with Crippen molar-refractivity contribution in [1.29, 1.82) is 0 Å². The van der Waals surface area contributed by atoms with Gasteiger partial charge in [-0.25, -0.2) is 4.98 Å². The first-order valence-electron chi connectivity index (χ1n) is 7.72. The van der Waals surface area contributed by atoms with Crippen molar-refractivity contribution in [3.63, 3.8) is 0 Å². The fourth-order valence-electron chi connectivity index (χ4n) is 2.62. The first-order valence-corrected chi connectivity index (χ1v) is 8.91. The number of carbonyl (C=O) groups is 1. The third kappa shape index (κ3) is 3.41. The summed E-state index contributed by atoms with van der Waals surface area (Å²) in [5.41, 5.74) is 1.31. The summed E-state index contributed by atoms with van der Waals surface area (Å²) in [6.07, 6.45) is 3.25. The van der Waals surface area contributed by atoms with Crippen LogP contribution in [0.3, 0.4) is 0 Å². The molecule has 0 radical (unpaired) electrons. The highest BCUT2D eigenvalue weighted by atomic mass is 35.5. The van der Waals surface area contributed by atoms with E-state index in [1.807, 2.05) is 0 Å². The molecule has 3 aromatic rings. The Kier molecular flexibility index (Phi) is 4.48. The molecule has 0 saturated carbocycles. The number of halogens is 1. The highest BCUT2D eigenvalue weighted by Crippen LogP contribution is 2.33. The van der Waals surface area contributed by atoms with Gasteiger partial charge in [0.25, 0.3) is 5.91 Å². The highest BCUT2D eigenvalue weighted by molar-refractivity contribution is 7.21. The minimum atomic E-state index is -0.208. The van der Waals surface area contributed by atoms with E-state index in [0.29, 0.717) is 29.3 Å². The molecule has 0 atom stereocenters. The zero-order valence-corrected chi connectivity index (χ0v) is 14.7. The number of pyridine rings is 1. The minimum Gasteiger partial charge on any atom is -0.378 e. The number of aromatic nitrogens is 3. The van der Waals surface area contributed by atoms with E-state index in [0.717, 1.165) is 23.6 Å². The second kappa shape index (κ2) is 6.91. The molecule has 1 fully saturated rings. The van der Waals surface area contributed by atoms with E-state index in [-0.39, 0.29) is 11.2 Å². The molecule has 1 aliphatic heterocycles. The van der Waals surface area contributed by atoms with Crippen LogP contribution in [0.25, 0.3) is 10.2 Å². The lowest BCUT2D eigenvalue weighted by atomic mass is 10.3. The predicted octanol–water partition coefficient (Wildman–Crippen LogP) is 2.83. The van der Waals surface area contributed by atoms with Gasteiger partial charge in [0.05, 0.1) is 40.2 Å². The van der Waals surface area contributed by atoms with Gasteiger partial charge < -0.3 is 15.0 Å². The van der Waals surface area contributed by atoms with Crippen molar-refractivity contribution in [2.45, 2.75) is 0 Å². The first-order chi connectivity index (χ1) is 12.2. The second-order valence-electron chi connectivity index (χ2n) is 5.44. The Labute approximate surface area is 152 Å². The zero-order valence-electron chi connectivity index (χ0n) is 13.1. The Morgan fingerprint density at radius 2 is 2.16 bits per heavy atom. The Bertz CT molecular complexity index is 912. The van der Waals surface area contributed by atoms with Crippen LogP contribution in [0.2, 0.25) is 5.28 Å².